The molecular weight excluding hydrogens is 244 g/mol. The number of fused-ring (bicyclic) bond motifs is 1. The van der Waals surface area contributed by atoms with Crippen LogP contribution < -0.4 is 10.6 Å². The summed E-state index contributed by atoms with van der Waals surface area (Å²) in [5.74, 6) is 0.631. The number of hydrogen-bond acceptors (Lipinski definition) is 2. The van der Waals surface area contributed by atoms with Gasteiger partial charge in [0.15, 0.2) is 0 Å². The fourth-order valence-corrected chi connectivity index (χ4v) is 3.24. The number of hydrogen-bond donors (Lipinski definition) is 1. The van der Waals surface area contributed by atoms with Gasteiger partial charge in [-0.25, -0.2) is 0 Å². The van der Waals surface area contributed by atoms with Crippen LogP contribution in [0.5, 0.6) is 0 Å². The summed E-state index contributed by atoms with van der Waals surface area (Å²) in [6.07, 6.45) is 3.81. The van der Waals surface area contributed by atoms with E-state index in [0.717, 1.165) is 12.2 Å². The predicted octanol–water partition coefficient (Wildman–Crippen LogP) is 3.83. The fraction of sp³-hybridized carbons (Fsp3) is 0.333. The van der Waals surface area contributed by atoms with Gasteiger partial charge in [-0.15, -0.1) is 0 Å². The number of nitrogens with zero attached hydrogens (tertiary/aromatic N) is 1. The molecule has 0 radical (unpaired) electrons. The molecule has 0 fully saturated rings. The fourth-order valence-electron chi connectivity index (χ4n) is 3.24. The second-order valence-electron chi connectivity index (χ2n) is 5.76. The quantitative estimate of drug-likeness (QED) is 0.856. The summed E-state index contributed by atoms with van der Waals surface area (Å²) in [4.78, 5) is 2.32. The van der Waals surface area contributed by atoms with Crippen molar-refractivity contribution < 1.29 is 0 Å². The van der Waals surface area contributed by atoms with E-state index in [2.05, 4.69) is 48.3 Å². The molecule has 0 spiro atoms. The Morgan fingerprint density at radius 1 is 1.15 bits per heavy atom. The highest BCUT2D eigenvalue weighted by Crippen LogP contribution is 2.32. The van der Waals surface area contributed by atoms with E-state index in [1.165, 1.54) is 36.1 Å². The van der Waals surface area contributed by atoms with Gasteiger partial charge in [0, 0.05) is 30.9 Å². The minimum absolute atomic E-state index is 0.631. The van der Waals surface area contributed by atoms with Gasteiger partial charge in [-0.05, 0) is 48.6 Å². The zero-order valence-electron chi connectivity index (χ0n) is 12.0. The monoisotopic (exact) mass is 266 g/mol. The maximum absolute atomic E-state index is 5.88. The van der Waals surface area contributed by atoms with Crippen molar-refractivity contribution in [2.45, 2.75) is 25.2 Å². The maximum Gasteiger partial charge on any atom is 0.0384 e. The van der Waals surface area contributed by atoms with E-state index in [9.17, 15) is 0 Å². The molecule has 2 heteroatoms. The first kappa shape index (κ1) is 13.0. The molecule has 2 nitrogen and oxygen atoms in total. The second-order valence-corrected chi connectivity index (χ2v) is 5.76. The highest BCUT2D eigenvalue weighted by molar-refractivity contribution is 5.55. The third-order valence-corrected chi connectivity index (χ3v) is 4.30. The van der Waals surface area contributed by atoms with Crippen LogP contribution >= 0.6 is 0 Å². The van der Waals surface area contributed by atoms with Crippen molar-refractivity contribution in [3.05, 3.63) is 59.7 Å². The molecule has 1 aliphatic rings. The molecule has 20 heavy (non-hydrogen) atoms. The Hall–Kier alpha value is -1.96. The van der Waals surface area contributed by atoms with E-state index in [1.54, 1.807) is 0 Å². The smallest absolute Gasteiger partial charge is 0.0384 e. The predicted molar refractivity (Wildman–Crippen MR) is 86.2 cm³/mol. The van der Waals surface area contributed by atoms with Crippen LogP contribution in [0.25, 0.3) is 0 Å². The summed E-state index contributed by atoms with van der Waals surface area (Å²) in [6, 6.07) is 17.0. The lowest BCUT2D eigenvalue weighted by atomic mass is 9.82. The molecule has 1 atom stereocenters. The molecule has 0 heterocycles. The van der Waals surface area contributed by atoms with Gasteiger partial charge in [0.1, 0.15) is 0 Å². The Kier molecular flexibility index (Phi) is 3.64. The van der Waals surface area contributed by atoms with E-state index in [4.69, 9.17) is 5.73 Å². The number of nitrogens with two attached hydrogens (primary N) is 1. The van der Waals surface area contributed by atoms with Gasteiger partial charge < -0.3 is 10.6 Å². The second kappa shape index (κ2) is 5.58. The number of anilines is 2. The van der Waals surface area contributed by atoms with Crippen LogP contribution in [0.3, 0.4) is 0 Å². The number of rotatable bonds is 3. The highest BCUT2D eigenvalue weighted by Gasteiger charge is 2.21. The molecule has 0 amide bonds. The molecule has 0 saturated carbocycles. The van der Waals surface area contributed by atoms with E-state index in [-0.39, 0.29) is 0 Å². The molecule has 1 aliphatic carbocycles. The van der Waals surface area contributed by atoms with Gasteiger partial charge in [-0.3, -0.25) is 0 Å². The van der Waals surface area contributed by atoms with Crippen LogP contribution in [0.2, 0.25) is 0 Å². The summed E-state index contributed by atoms with van der Waals surface area (Å²) < 4.78 is 0. The van der Waals surface area contributed by atoms with Crippen molar-refractivity contribution in [3.63, 3.8) is 0 Å². The maximum atomic E-state index is 5.88. The Morgan fingerprint density at radius 3 is 2.85 bits per heavy atom. The molecule has 0 aromatic heterocycles. The molecule has 0 aliphatic heterocycles. The summed E-state index contributed by atoms with van der Waals surface area (Å²) >= 11 is 0. The molecule has 0 bridgehead atoms. The SMILES string of the molecule is CN(CC1CCCc2ccccc21)c1cccc(N)c1. The van der Waals surface area contributed by atoms with E-state index >= 15 is 0 Å². The lowest BCUT2D eigenvalue weighted by molar-refractivity contribution is 0.551. The average molecular weight is 266 g/mol. The minimum atomic E-state index is 0.631. The Bertz CT molecular complexity index is 591. The molecular formula is C18H22N2. The largest absolute Gasteiger partial charge is 0.399 e. The molecule has 1 unspecified atom stereocenters. The van der Waals surface area contributed by atoms with Crippen LogP contribution in [0.1, 0.15) is 29.9 Å². The van der Waals surface area contributed by atoms with Crippen LogP contribution in [-0.4, -0.2) is 13.6 Å². The summed E-state index contributed by atoms with van der Waals surface area (Å²) in [7, 11) is 2.16. The van der Waals surface area contributed by atoms with Crippen molar-refractivity contribution >= 4 is 11.4 Å². The third kappa shape index (κ3) is 2.64. The molecule has 3 rings (SSSR count). The number of benzene rings is 2. The highest BCUT2D eigenvalue weighted by atomic mass is 15.1. The first-order valence-electron chi connectivity index (χ1n) is 7.38. The molecule has 2 aromatic carbocycles. The van der Waals surface area contributed by atoms with Crippen molar-refractivity contribution in [1.29, 1.82) is 0 Å². The van der Waals surface area contributed by atoms with Gasteiger partial charge in [0.2, 0.25) is 0 Å². The number of likely N-dealkylation sites (N-methyl/N-ethyl adjacent to an activating group) is 1. The van der Waals surface area contributed by atoms with Gasteiger partial charge in [0.25, 0.3) is 0 Å². The summed E-state index contributed by atoms with van der Waals surface area (Å²) in [5, 5.41) is 0. The van der Waals surface area contributed by atoms with Crippen LogP contribution in [0.4, 0.5) is 11.4 Å². The van der Waals surface area contributed by atoms with E-state index in [0.29, 0.717) is 5.92 Å². The van der Waals surface area contributed by atoms with Crippen molar-refractivity contribution in [3.8, 4) is 0 Å². The summed E-state index contributed by atoms with van der Waals surface area (Å²) in [5.41, 5.74) is 11.0. The molecule has 0 saturated heterocycles. The van der Waals surface area contributed by atoms with Gasteiger partial charge >= 0.3 is 0 Å². The average Bonchev–Trinajstić information content (AvgIpc) is 2.47. The van der Waals surface area contributed by atoms with E-state index in [1.807, 2.05) is 12.1 Å². The molecule has 104 valence electrons. The zero-order valence-corrected chi connectivity index (χ0v) is 12.0. The molecule has 2 N–H and O–H groups in total. The lowest BCUT2D eigenvalue weighted by Crippen LogP contribution is -2.26. The Balaban J connectivity index is 1.79. The lowest BCUT2D eigenvalue weighted by Gasteiger charge is -2.30. The number of nitrogen functional groups attached to an aromatic ring is 1. The third-order valence-electron chi connectivity index (χ3n) is 4.30. The van der Waals surface area contributed by atoms with Gasteiger partial charge in [-0.2, -0.15) is 0 Å². The number of aryl methyl sites for hydroxylation is 1. The zero-order chi connectivity index (χ0) is 13.9. The van der Waals surface area contributed by atoms with Crippen LogP contribution in [0, 0.1) is 0 Å². The van der Waals surface area contributed by atoms with Gasteiger partial charge in [0.05, 0.1) is 0 Å². The first-order chi connectivity index (χ1) is 9.74. The van der Waals surface area contributed by atoms with E-state index < -0.39 is 0 Å². The Labute approximate surface area is 121 Å². The van der Waals surface area contributed by atoms with Crippen LogP contribution in [-0.2, 0) is 6.42 Å². The molecule has 2 aromatic rings. The minimum Gasteiger partial charge on any atom is -0.399 e. The topological polar surface area (TPSA) is 29.3 Å². The van der Waals surface area contributed by atoms with Crippen molar-refractivity contribution in [2.75, 3.05) is 24.2 Å². The van der Waals surface area contributed by atoms with Crippen molar-refractivity contribution in [1.82, 2.24) is 0 Å². The summed E-state index contributed by atoms with van der Waals surface area (Å²) in [6.45, 7) is 1.06. The van der Waals surface area contributed by atoms with Gasteiger partial charge in [-0.1, -0.05) is 30.3 Å². The van der Waals surface area contributed by atoms with Crippen LogP contribution in [0.15, 0.2) is 48.5 Å². The van der Waals surface area contributed by atoms with Crippen molar-refractivity contribution in [2.24, 2.45) is 0 Å². The standard InChI is InChI=1S/C18H22N2/c1-20(17-10-5-9-16(19)12-17)13-15-8-4-7-14-6-2-3-11-18(14)15/h2-3,5-6,9-12,15H,4,7-8,13,19H2,1H3. The normalized spacial score (nSPS) is 17.6. The Morgan fingerprint density at radius 2 is 2.00 bits per heavy atom. The first-order valence-corrected chi connectivity index (χ1v) is 7.38.